The maximum atomic E-state index is 13.3. The van der Waals surface area contributed by atoms with Gasteiger partial charge in [0.15, 0.2) is 0 Å². The molecule has 2 aliphatic rings. The molecule has 4 amide bonds. The number of thiophene rings is 2. The molecule has 0 spiro atoms. The molecule has 6 rings (SSSR count). The molecule has 0 atom stereocenters. The van der Waals surface area contributed by atoms with Crippen LogP contribution < -0.4 is 21.3 Å². The zero-order chi connectivity index (χ0) is 31.2. The predicted octanol–water partition coefficient (Wildman–Crippen LogP) is 7.38. The minimum absolute atomic E-state index is 0.0536. The highest BCUT2D eigenvalue weighted by atomic mass is 32.2. The topological polar surface area (TPSA) is 116 Å². The molecule has 2 aromatic carbocycles. The number of carbonyl (C=O) groups is 4. The zero-order valence-corrected chi connectivity index (χ0v) is 27.2. The fourth-order valence-corrected chi connectivity index (χ4v) is 9.00. The van der Waals surface area contributed by atoms with Gasteiger partial charge < -0.3 is 21.3 Å². The van der Waals surface area contributed by atoms with E-state index in [9.17, 15) is 19.2 Å². The van der Waals surface area contributed by atoms with Crippen molar-refractivity contribution in [2.24, 2.45) is 0 Å². The lowest BCUT2D eigenvalue weighted by Crippen LogP contribution is -2.21. The van der Waals surface area contributed by atoms with Crippen molar-refractivity contribution in [2.45, 2.75) is 51.4 Å². The Labute approximate surface area is 274 Å². The Morgan fingerprint density at radius 3 is 1.38 bits per heavy atom. The van der Waals surface area contributed by atoms with Gasteiger partial charge >= 0.3 is 0 Å². The Balaban J connectivity index is 1.08. The summed E-state index contributed by atoms with van der Waals surface area (Å²) in [6.07, 6.45) is 7.56. The Morgan fingerprint density at radius 2 is 0.956 bits per heavy atom. The standard InChI is InChI=1S/C34H34N4O4S3/c39-27(37-33-29(23-15-7-9-17-25(23)44-33)31(41)35-21-11-3-1-4-12-21)19-43-20-28(40)38-34-30(24-16-8-10-18-26(24)45-34)32(42)36-22-13-5-2-6-14-22/h1-6,11-14H,7-10,15-20H2,(H,35,41)(H,36,42)(H,37,39)(H,38,40). The molecule has 45 heavy (non-hydrogen) atoms. The van der Waals surface area contributed by atoms with Gasteiger partial charge in [0.25, 0.3) is 11.8 Å². The summed E-state index contributed by atoms with van der Waals surface area (Å²) in [5, 5.41) is 13.0. The molecule has 0 unspecified atom stereocenters. The van der Waals surface area contributed by atoms with Crippen LogP contribution in [-0.2, 0) is 35.3 Å². The van der Waals surface area contributed by atoms with Crippen molar-refractivity contribution < 1.29 is 19.2 Å². The van der Waals surface area contributed by atoms with E-state index >= 15 is 0 Å². The molecule has 8 nitrogen and oxygen atoms in total. The first-order chi connectivity index (χ1) is 22.0. The molecule has 0 aliphatic heterocycles. The third kappa shape index (κ3) is 7.49. The minimum Gasteiger partial charge on any atom is -0.322 e. The molecule has 0 fully saturated rings. The summed E-state index contributed by atoms with van der Waals surface area (Å²) in [5.74, 6) is -0.887. The van der Waals surface area contributed by atoms with Crippen LogP contribution in [0.25, 0.3) is 0 Å². The van der Waals surface area contributed by atoms with Crippen molar-refractivity contribution in [3.05, 3.63) is 92.7 Å². The summed E-state index contributed by atoms with van der Waals surface area (Å²) in [6, 6.07) is 18.6. The fraction of sp³-hybridized carbons (Fsp3) is 0.294. The lowest BCUT2D eigenvalue weighted by molar-refractivity contribution is -0.114. The molecule has 0 radical (unpaired) electrons. The number of amides is 4. The highest BCUT2D eigenvalue weighted by Crippen LogP contribution is 2.40. The summed E-state index contributed by atoms with van der Waals surface area (Å²) < 4.78 is 0. The number of hydrogen-bond donors (Lipinski definition) is 4. The highest BCUT2D eigenvalue weighted by Gasteiger charge is 2.28. The van der Waals surface area contributed by atoms with E-state index in [0.717, 1.165) is 72.2 Å². The van der Waals surface area contributed by atoms with Crippen molar-refractivity contribution in [3.63, 3.8) is 0 Å². The lowest BCUT2D eigenvalue weighted by Gasteiger charge is -2.13. The molecular weight excluding hydrogens is 625 g/mol. The largest absolute Gasteiger partial charge is 0.322 e. The summed E-state index contributed by atoms with van der Waals surface area (Å²) in [6.45, 7) is 0. The van der Waals surface area contributed by atoms with Gasteiger partial charge in [0, 0.05) is 21.1 Å². The number of fused-ring (bicyclic) bond motifs is 2. The molecule has 0 saturated heterocycles. The second-order valence-corrected chi connectivity index (χ2v) is 14.3. The first-order valence-electron chi connectivity index (χ1n) is 15.2. The zero-order valence-electron chi connectivity index (χ0n) is 24.7. The number of carbonyl (C=O) groups excluding carboxylic acids is 4. The number of aryl methyl sites for hydroxylation is 2. The second-order valence-electron chi connectivity index (χ2n) is 11.1. The van der Waals surface area contributed by atoms with E-state index < -0.39 is 0 Å². The smallest absolute Gasteiger partial charge is 0.258 e. The predicted molar refractivity (Wildman–Crippen MR) is 185 cm³/mol. The Hall–Kier alpha value is -3.93. The van der Waals surface area contributed by atoms with E-state index in [1.165, 1.54) is 34.4 Å². The van der Waals surface area contributed by atoms with E-state index in [2.05, 4.69) is 21.3 Å². The number of hydrogen-bond acceptors (Lipinski definition) is 7. The monoisotopic (exact) mass is 658 g/mol. The quantitative estimate of drug-likeness (QED) is 0.142. The van der Waals surface area contributed by atoms with Gasteiger partial charge in [0.1, 0.15) is 10.0 Å². The van der Waals surface area contributed by atoms with E-state index in [1.807, 2.05) is 60.7 Å². The van der Waals surface area contributed by atoms with Crippen molar-refractivity contribution in [3.8, 4) is 0 Å². The van der Waals surface area contributed by atoms with Crippen LogP contribution in [0.5, 0.6) is 0 Å². The van der Waals surface area contributed by atoms with Gasteiger partial charge in [-0.1, -0.05) is 36.4 Å². The van der Waals surface area contributed by atoms with Crippen LogP contribution in [0.3, 0.4) is 0 Å². The number of rotatable bonds is 10. The van der Waals surface area contributed by atoms with Gasteiger partial charge in [0.2, 0.25) is 11.8 Å². The lowest BCUT2D eigenvalue weighted by atomic mass is 9.95. The van der Waals surface area contributed by atoms with Gasteiger partial charge in [-0.3, -0.25) is 19.2 Å². The van der Waals surface area contributed by atoms with Crippen LogP contribution in [0.15, 0.2) is 60.7 Å². The molecule has 4 N–H and O–H groups in total. The fourth-order valence-electron chi connectivity index (χ4n) is 5.78. The maximum Gasteiger partial charge on any atom is 0.258 e. The molecule has 232 valence electrons. The minimum atomic E-state index is -0.269. The summed E-state index contributed by atoms with van der Waals surface area (Å²) in [5.41, 5.74) is 4.52. The number of anilines is 4. The average molecular weight is 659 g/mol. The summed E-state index contributed by atoms with van der Waals surface area (Å²) in [4.78, 5) is 55.0. The van der Waals surface area contributed by atoms with E-state index in [1.54, 1.807) is 0 Å². The van der Waals surface area contributed by atoms with E-state index in [4.69, 9.17) is 0 Å². The Bertz CT molecular complexity index is 1590. The van der Waals surface area contributed by atoms with Crippen LogP contribution in [0.2, 0.25) is 0 Å². The van der Waals surface area contributed by atoms with Crippen molar-refractivity contribution in [1.82, 2.24) is 0 Å². The molecule has 2 aromatic heterocycles. The van der Waals surface area contributed by atoms with Gasteiger partial charge in [-0.15, -0.1) is 34.4 Å². The number of para-hydroxylation sites is 2. The first-order valence-corrected chi connectivity index (χ1v) is 17.9. The number of nitrogens with one attached hydrogen (secondary N) is 4. The Kier molecular flexibility index (Phi) is 9.97. The maximum absolute atomic E-state index is 13.3. The normalized spacial score (nSPS) is 13.7. The second kappa shape index (κ2) is 14.4. The van der Waals surface area contributed by atoms with E-state index in [0.29, 0.717) is 32.5 Å². The number of benzene rings is 2. The summed E-state index contributed by atoms with van der Waals surface area (Å²) in [7, 11) is 0. The molecular formula is C34H34N4O4S3. The third-order valence-corrected chi connectivity index (χ3v) is 11.2. The summed E-state index contributed by atoms with van der Waals surface area (Å²) >= 11 is 4.14. The van der Waals surface area contributed by atoms with Gasteiger partial charge in [-0.25, -0.2) is 0 Å². The van der Waals surface area contributed by atoms with E-state index in [-0.39, 0.29) is 35.1 Å². The van der Waals surface area contributed by atoms with Crippen LogP contribution >= 0.6 is 34.4 Å². The molecule has 4 aromatic rings. The van der Waals surface area contributed by atoms with Crippen LogP contribution in [0, 0.1) is 0 Å². The Morgan fingerprint density at radius 1 is 0.556 bits per heavy atom. The van der Waals surface area contributed by atoms with Crippen molar-refractivity contribution >= 4 is 79.4 Å². The first kappa shape index (κ1) is 31.1. The number of thioether (sulfide) groups is 1. The van der Waals surface area contributed by atoms with Crippen molar-refractivity contribution in [2.75, 3.05) is 32.8 Å². The van der Waals surface area contributed by atoms with Crippen LogP contribution in [0.1, 0.15) is 67.3 Å². The molecule has 0 saturated carbocycles. The van der Waals surface area contributed by atoms with Gasteiger partial charge in [0.05, 0.1) is 22.6 Å². The van der Waals surface area contributed by atoms with Crippen LogP contribution in [-0.4, -0.2) is 35.1 Å². The average Bonchev–Trinajstić information content (AvgIpc) is 3.59. The van der Waals surface area contributed by atoms with Gasteiger partial charge in [-0.2, -0.15) is 0 Å². The molecule has 2 heterocycles. The molecule has 11 heteroatoms. The third-order valence-electron chi connectivity index (χ3n) is 7.83. The molecule has 2 aliphatic carbocycles. The van der Waals surface area contributed by atoms with Crippen molar-refractivity contribution in [1.29, 1.82) is 0 Å². The molecule has 0 bridgehead atoms. The SMILES string of the molecule is O=C(CSCC(=O)Nc1sc2c(c1C(=O)Nc1ccccc1)CCCC2)Nc1sc2c(c1C(=O)Nc1ccccc1)CCCC2. The van der Waals surface area contributed by atoms with Crippen LogP contribution in [0.4, 0.5) is 21.4 Å². The highest BCUT2D eigenvalue weighted by molar-refractivity contribution is 8.00. The van der Waals surface area contributed by atoms with Gasteiger partial charge in [-0.05, 0) is 86.8 Å².